The van der Waals surface area contributed by atoms with Crippen LogP contribution in [0.4, 0.5) is 11.4 Å². The molecule has 0 radical (unpaired) electrons. The second kappa shape index (κ2) is 11.2. The van der Waals surface area contributed by atoms with Crippen molar-refractivity contribution in [2.24, 2.45) is 0 Å². The van der Waals surface area contributed by atoms with Gasteiger partial charge in [-0.25, -0.2) is 15.0 Å². The van der Waals surface area contributed by atoms with Crippen LogP contribution in [0.1, 0.15) is 37.0 Å². The van der Waals surface area contributed by atoms with Gasteiger partial charge in [-0.3, -0.25) is 0 Å². The first-order chi connectivity index (χ1) is 26.0. The number of hydrogen-bond donors (Lipinski definition) is 0. The number of anilines is 2. The molecule has 5 heteroatoms. The van der Waals surface area contributed by atoms with Gasteiger partial charge >= 0.3 is 0 Å². The van der Waals surface area contributed by atoms with E-state index in [0.717, 1.165) is 50.7 Å². The molecule has 0 fully saturated rings. The van der Waals surface area contributed by atoms with Crippen molar-refractivity contribution in [3.8, 4) is 45.3 Å². The Kier molecular flexibility index (Phi) is 6.36. The summed E-state index contributed by atoms with van der Waals surface area (Å²) in [5.41, 5.74) is 15.0. The Balaban J connectivity index is 1.04. The fourth-order valence-electron chi connectivity index (χ4n) is 8.91. The predicted octanol–water partition coefficient (Wildman–Crippen LogP) is 11.9. The molecule has 0 saturated carbocycles. The molecule has 6 aromatic carbocycles. The Morgan fingerprint density at radius 2 is 1.30 bits per heavy atom. The lowest BCUT2D eigenvalue weighted by Crippen LogP contribution is -2.27. The Bertz CT molecular complexity index is 2850. The van der Waals surface area contributed by atoms with Crippen molar-refractivity contribution >= 4 is 38.9 Å². The zero-order valence-electron chi connectivity index (χ0n) is 29.4. The normalized spacial score (nSPS) is 16.4. The van der Waals surface area contributed by atoms with E-state index >= 15 is 0 Å². The summed E-state index contributed by atoms with van der Waals surface area (Å²) >= 11 is 0. The van der Waals surface area contributed by atoms with E-state index < -0.39 is 0 Å². The van der Waals surface area contributed by atoms with Gasteiger partial charge in [-0.2, -0.15) is 0 Å². The highest BCUT2D eigenvalue weighted by molar-refractivity contribution is 6.09. The molecule has 3 aliphatic rings. The molecular weight excluding hydrogens is 649 g/mol. The number of hydrogen-bond acceptors (Lipinski definition) is 5. The minimum atomic E-state index is -0.0471. The fraction of sp³-hybridized carbons (Fsp3) is 0.104. The van der Waals surface area contributed by atoms with Crippen LogP contribution < -0.4 is 4.90 Å². The van der Waals surface area contributed by atoms with E-state index in [1.54, 1.807) is 0 Å². The summed E-state index contributed by atoms with van der Waals surface area (Å²) in [7, 11) is 0. The Morgan fingerprint density at radius 3 is 2.15 bits per heavy atom. The monoisotopic (exact) mass is 682 g/mol. The summed E-state index contributed by atoms with van der Waals surface area (Å²) in [6.45, 7) is 4.71. The van der Waals surface area contributed by atoms with Crippen molar-refractivity contribution in [2.45, 2.75) is 31.7 Å². The summed E-state index contributed by atoms with van der Waals surface area (Å²) in [6, 6.07) is 47.0. The van der Waals surface area contributed by atoms with Gasteiger partial charge in [-0.1, -0.05) is 123 Å². The number of aromatic nitrogens is 3. The largest absolute Gasteiger partial charge is 0.455 e. The van der Waals surface area contributed by atoms with E-state index in [-0.39, 0.29) is 11.5 Å². The van der Waals surface area contributed by atoms with Gasteiger partial charge in [0.05, 0.1) is 11.6 Å². The second-order valence-corrected chi connectivity index (χ2v) is 14.7. The van der Waals surface area contributed by atoms with Crippen molar-refractivity contribution in [1.29, 1.82) is 0 Å². The third kappa shape index (κ3) is 4.40. The predicted molar refractivity (Wildman–Crippen MR) is 215 cm³/mol. The van der Waals surface area contributed by atoms with E-state index in [1.165, 1.54) is 39.1 Å². The fourth-order valence-corrected chi connectivity index (χ4v) is 8.91. The molecule has 0 bridgehead atoms. The van der Waals surface area contributed by atoms with Crippen LogP contribution in [0.2, 0.25) is 0 Å². The highest BCUT2D eigenvalue weighted by atomic mass is 16.3. The molecule has 1 unspecified atom stereocenters. The lowest BCUT2D eigenvalue weighted by Gasteiger charge is -2.28. The quantitative estimate of drug-likeness (QED) is 0.185. The first-order valence-corrected chi connectivity index (χ1v) is 18.3. The summed E-state index contributed by atoms with van der Waals surface area (Å²) in [5.74, 6) is 1.82. The van der Waals surface area contributed by atoms with Crippen LogP contribution in [-0.4, -0.2) is 21.0 Å². The molecule has 1 atom stereocenters. The first kappa shape index (κ1) is 30.1. The summed E-state index contributed by atoms with van der Waals surface area (Å²) in [4.78, 5) is 17.7. The second-order valence-electron chi connectivity index (χ2n) is 14.7. The first-order valence-electron chi connectivity index (χ1n) is 18.3. The molecule has 11 rings (SSSR count). The maximum atomic E-state index is 6.42. The lowest BCUT2D eigenvalue weighted by molar-refractivity contribution is 0.660. The maximum absolute atomic E-state index is 6.42. The topological polar surface area (TPSA) is 55.1 Å². The molecule has 1 aliphatic heterocycles. The van der Waals surface area contributed by atoms with E-state index in [2.05, 4.69) is 110 Å². The van der Waals surface area contributed by atoms with Gasteiger partial charge in [-0.05, 0) is 76.7 Å². The summed E-state index contributed by atoms with van der Waals surface area (Å²) in [5, 5.41) is 2.12. The molecule has 0 amide bonds. The van der Waals surface area contributed by atoms with Gasteiger partial charge in [0.1, 0.15) is 11.2 Å². The van der Waals surface area contributed by atoms with Crippen molar-refractivity contribution in [3.63, 3.8) is 0 Å². The molecular formula is C48H34N4O. The number of furan rings is 1. The van der Waals surface area contributed by atoms with Gasteiger partial charge in [0.2, 0.25) is 0 Å². The van der Waals surface area contributed by atoms with Crippen LogP contribution in [0.3, 0.4) is 0 Å². The average molecular weight is 683 g/mol. The summed E-state index contributed by atoms with van der Waals surface area (Å²) in [6.07, 6.45) is 7.80. The molecule has 8 aromatic rings. The van der Waals surface area contributed by atoms with Crippen LogP contribution in [-0.2, 0) is 5.41 Å². The molecule has 3 heterocycles. The minimum absolute atomic E-state index is 0.0471. The van der Waals surface area contributed by atoms with Gasteiger partial charge in [0.15, 0.2) is 17.5 Å². The third-order valence-corrected chi connectivity index (χ3v) is 11.4. The van der Waals surface area contributed by atoms with Gasteiger partial charge in [0.25, 0.3) is 0 Å². The van der Waals surface area contributed by atoms with Crippen molar-refractivity contribution in [2.75, 3.05) is 4.90 Å². The van der Waals surface area contributed by atoms with Crippen LogP contribution in [0, 0.1) is 0 Å². The molecule has 252 valence electrons. The highest BCUT2D eigenvalue weighted by Crippen LogP contribution is 2.58. The van der Waals surface area contributed by atoms with E-state index in [4.69, 9.17) is 19.4 Å². The zero-order chi connectivity index (χ0) is 35.3. The van der Waals surface area contributed by atoms with Crippen molar-refractivity contribution in [3.05, 3.63) is 168 Å². The minimum Gasteiger partial charge on any atom is -0.455 e. The maximum Gasteiger partial charge on any atom is 0.167 e. The Labute approximate surface area is 307 Å². The van der Waals surface area contributed by atoms with E-state index in [0.29, 0.717) is 17.5 Å². The molecule has 0 spiro atoms. The van der Waals surface area contributed by atoms with Gasteiger partial charge in [-0.15, -0.1) is 0 Å². The highest BCUT2D eigenvalue weighted by Gasteiger charge is 2.43. The number of allylic oxidation sites excluding steroid dienone is 2. The zero-order valence-corrected chi connectivity index (χ0v) is 29.4. The third-order valence-electron chi connectivity index (χ3n) is 11.4. The van der Waals surface area contributed by atoms with Crippen LogP contribution in [0.5, 0.6) is 0 Å². The molecule has 0 N–H and O–H groups in total. The molecule has 5 nitrogen and oxygen atoms in total. The molecule has 2 aliphatic carbocycles. The van der Waals surface area contributed by atoms with Crippen LogP contribution >= 0.6 is 0 Å². The lowest BCUT2D eigenvalue weighted by atomic mass is 9.81. The number of nitrogens with zero attached hydrogens (tertiary/aromatic N) is 4. The number of para-hydroxylation sites is 2. The van der Waals surface area contributed by atoms with Crippen LogP contribution in [0.25, 0.3) is 72.8 Å². The molecule has 0 saturated heterocycles. The smallest absolute Gasteiger partial charge is 0.167 e. The Morgan fingerprint density at radius 1 is 0.604 bits per heavy atom. The average Bonchev–Trinajstić information content (AvgIpc) is 3.84. The number of rotatable bonds is 4. The van der Waals surface area contributed by atoms with E-state index in [9.17, 15) is 0 Å². The number of benzene rings is 6. The molecule has 2 aromatic heterocycles. The van der Waals surface area contributed by atoms with E-state index in [1.807, 2.05) is 60.7 Å². The molecule has 53 heavy (non-hydrogen) atoms. The Hall–Kier alpha value is -6.59. The SMILES string of the molecule is CC1(C)c2ccccc2-c2c1ccc1c2C2=CC=CCC2N1c1ccc(-c2nc(-c3ccccc3)nc(-c3cccc4c3oc3ccccc34)n2)cc1. The van der Waals surface area contributed by atoms with Gasteiger partial charge < -0.3 is 9.32 Å². The van der Waals surface area contributed by atoms with Crippen molar-refractivity contribution in [1.82, 2.24) is 15.0 Å². The summed E-state index contributed by atoms with van der Waals surface area (Å²) < 4.78 is 6.42. The van der Waals surface area contributed by atoms with Crippen LogP contribution in [0.15, 0.2) is 156 Å². The van der Waals surface area contributed by atoms with Gasteiger partial charge in [0, 0.05) is 44.3 Å². The number of fused-ring (bicyclic) bond motifs is 10. The van der Waals surface area contributed by atoms with Crippen molar-refractivity contribution < 1.29 is 4.42 Å². The standard InChI is InChI=1S/C48H34N4O/c1-48(2)37-20-9-6-16-34(37)42-38(48)27-28-40-43(42)35-17-7-10-21-39(35)52(40)31-25-23-30(24-26-31)46-49-45(29-13-4-3-5-14-29)50-47(51-46)36-19-12-18-33-32-15-8-11-22-41(32)53-44(33)36/h3-20,22-28,39H,21H2,1-2H3.